The van der Waals surface area contributed by atoms with E-state index < -0.39 is 0 Å². The zero-order valence-corrected chi connectivity index (χ0v) is 15.6. The van der Waals surface area contributed by atoms with E-state index in [0.29, 0.717) is 5.56 Å². The summed E-state index contributed by atoms with van der Waals surface area (Å²) in [5.41, 5.74) is 0.605. The first kappa shape index (κ1) is 18.2. The summed E-state index contributed by atoms with van der Waals surface area (Å²) in [6.45, 7) is 5.41. The minimum absolute atomic E-state index is 0.0268. The molecular weight excluding hydrogens is 405 g/mol. The number of rotatable bonds is 6. The highest BCUT2D eigenvalue weighted by Crippen LogP contribution is 2.11. The number of hydrogen-bond acceptors (Lipinski definition) is 3. The van der Waals surface area contributed by atoms with Crippen molar-refractivity contribution in [3.63, 3.8) is 0 Å². The van der Waals surface area contributed by atoms with E-state index in [2.05, 4.69) is 45.0 Å². The van der Waals surface area contributed by atoms with E-state index in [0.717, 1.165) is 36.0 Å². The number of amides is 2. The number of likely N-dealkylation sites (tertiary alicyclic amines) is 1. The fourth-order valence-electron chi connectivity index (χ4n) is 2.80. The summed E-state index contributed by atoms with van der Waals surface area (Å²) in [6, 6.07) is 7.57. The topological polar surface area (TPSA) is 61.4 Å². The van der Waals surface area contributed by atoms with Crippen LogP contribution in [-0.4, -0.2) is 48.9 Å². The fourth-order valence-corrected chi connectivity index (χ4v) is 3.43. The highest BCUT2D eigenvalue weighted by atomic mass is 127. The highest BCUT2D eigenvalue weighted by molar-refractivity contribution is 14.1. The minimum Gasteiger partial charge on any atom is -0.352 e. The van der Waals surface area contributed by atoms with Crippen LogP contribution in [0.1, 0.15) is 36.5 Å². The number of benzene rings is 1. The van der Waals surface area contributed by atoms with Gasteiger partial charge in [-0.2, -0.15) is 0 Å². The molecule has 0 radical (unpaired) electrons. The maximum atomic E-state index is 12.1. The third-order valence-corrected chi connectivity index (χ3v) is 4.96. The molecule has 0 saturated carbocycles. The average molecular weight is 429 g/mol. The summed E-state index contributed by atoms with van der Waals surface area (Å²) in [5.74, 6) is -0.318. The molecule has 23 heavy (non-hydrogen) atoms. The molecule has 2 amide bonds. The van der Waals surface area contributed by atoms with Gasteiger partial charge in [0.25, 0.3) is 5.91 Å². The Labute approximate surface area is 151 Å². The summed E-state index contributed by atoms with van der Waals surface area (Å²) in [6.07, 6.45) is 3.13. The number of nitrogens with zero attached hydrogens (tertiary/aromatic N) is 1. The van der Waals surface area contributed by atoms with Gasteiger partial charge in [-0.05, 0) is 60.5 Å². The quantitative estimate of drug-likeness (QED) is 0.681. The Balaban J connectivity index is 1.71. The molecule has 1 heterocycles. The van der Waals surface area contributed by atoms with Gasteiger partial charge >= 0.3 is 0 Å². The van der Waals surface area contributed by atoms with Gasteiger partial charge in [-0.15, -0.1) is 0 Å². The lowest BCUT2D eigenvalue weighted by atomic mass is 10.0. The lowest BCUT2D eigenvalue weighted by Gasteiger charge is -2.32. The Hall–Kier alpha value is -1.15. The van der Waals surface area contributed by atoms with Gasteiger partial charge in [0, 0.05) is 22.7 Å². The number of carbonyl (C=O) groups is 2. The summed E-state index contributed by atoms with van der Waals surface area (Å²) in [4.78, 5) is 26.5. The molecule has 126 valence electrons. The zero-order valence-electron chi connectivity index (χ0n) is 13.5. The minimum atomic E-state index is -0.206. The van der Waals surface area contributed by atoms with Crippen molar-refractivity contribution >= 4 is 34.4 Å². The number of carbonyl (C=O) groups excluding carboxylic acids is 2. The van der Waals surface area contributed by atoms with Gasteiger partial charge in [0.05, 0.1) is 12.1 Å². The van der Waals surface area contributed by atoms with Crippen molar-refractivity contribution in [2.75, 3.05) is 26.2 Å². The van der Waals surface area contributed by atoms with Gasteiger partial charge < -0.3 is 15.5 Å². The largest absolute Gasteiger partial charge is 0.352 e. The molecule has 1 fully saturated rings. The smallest absolute Gasteiger partial charge is 0.252 e. The summed E-state index contributed by atoms with van der Waals surface area (Å²) < 4.78 is 0.881. The van der Waals surface area contributed by atoms with Crippen molar-refractivity contribution < 1.29 is 9.59 Å². The molecule has 0 bridgehead atoms. The van der Waals surface area contributed by atoms with Crippen LogP contribution in [0.25, 0.3) is 0 Å². The second kappa shape index (κ2) is 9.22. The van der Waals surface area contributed by atoms with Crippen molar-refractivity contribution in [3.8, 4) is 0 Å². The molecule has 2 rings (SSSR count). The van der Waals surface area contributed by atoms with Crippen LogP contribution in [0.4, 0.5) is 0 Å². The number of hydrogen-bond donors (Lipinski definition) is 2. The van der Waals surface area contributed by atoms with E-state index in [4.69, 9.17) is 0 Å². The van der Waals surface area contributed by atoms with Crippen LogP contribution in [0.15, 0.2) is 24.3 Å². The molecule has 0 atom stereocenters. The molecule has 1 aromatic carbocycles. The zero-order chi connectivity index (χ0) is 16.7. The van der Waals surface area contributed by atoms with E-state index in [1.807, 2.05) is 18.2 Å². The average Bonchev–Trinajstić information content (AvgIpc) is 2.55. The number of nitrogens with one attached hydrogen (secondary N) is 2. The molecular formula is C17H24IN3O2. The molecule has 6 heteroatoms. The van der Waals surface area contributed by atoms with Gasteiger partial charge in [-0.1, -0.05) is 19.1 Å². The fraction of sp³-hybridized carbons (Fsp3) is 0.529. The molecule has 0 aromatic heterocycles. The van der Waals surface area contributed by atoms with Gasteiger partial charge in [0.2, 0.25) is 5.91 Å². The molecule has 1 aliphatic rings. The van der Waals surface area contributed by atoms with Crippen LogP contribution in [-0.2, 0) is 4.79 Å². The molecule has 0 unspecified atom stereocenters. The van der Waals surface area contributed by atoms with Crippen LogP contribution < -0.4 is 10.6 Å². The summed E-state index contributed by atoms with van der Waals surface area (Å²) >= 11 is 2.12. The molecule has 1 saturated heterocycles. The predicted molar refractivity (Wildman–Crippen MR) is 99.4 cm³/mol. The molecule has 1 aliphatic heterocycles. The van der Waals surface area contributed by atoms with E-state index in [9.17, 15) is 9.59 Å². The maximum Gasteiger partial charge on any atom is 0.252 e. The maximum absolute atomic E-state index is 12.1. The predicted octanol–water partition coefficient (Wildman–Crippen LogP) is 2.01. The first-order valence-corrected chi connectivity index (χ1v) is 9.22. The second-order valence-corrected chi connectivity index (χ2v) is 7.01. The van der Waals surface area contributed by atoms with E-state index in [-0.39, 0.29) is 24.4 Å². The van der Waals surface area contributed by atoms with Crippen LogP contribution >= 0.6 is 22.6 Å². The highest BCUT2D eigenvalue weighted by Gasteiger charge is 2.20. The van der Waals surface area contributed by atoms with Crippen LogP contribution in [0, 0.1) is 3.57 Å². The lowest BCUT2D eigenvalue weighted by Crippen LogP contribution is -2.47. The standard InChI is InChI=1S/C17H24IN3O2/c1-2-9-21-10-7-13(8-11-21)20-16(22)12-19-17(23)14-5-3-4-6-15(14)18/h3-6,13H,2,7-12H2,1H3,(H,19,23)(H,20,22). The van der Waals surface area contributed by atoms with Gasteiger partial charge in [0.15, 0.2) is 0 Å². The van der Waals surface area contributed by atoms with Gasteiger partial charge in [0.1, 0.15) is 0 Å². The number of piperidine rings is 1. The molecule has 1 aromatic rings. The van der Waals surface area contributed by atoms with Crippen molar-refractivity contribution in [1.29, 1.82) is 0 Å². The van der Waals surface area contributed by atoms with Crippen LogP contribution in [0.3, 0.4) is 0 Å². The Bertz CT molecular complexity index is 542. The Morgan fingerprint density at radius 3 is 2.61 bits per heavy atom. The van der Waals surface area contributed by atoms with E-state index in [1.54, 1.807) is 6.07 Å². The van der Waals surface area contributed by atoms with Gasteiger partial charge in [-0.25, -0.2) is 0 Å². The molecule has 0 aliphatic carbocycles. The van der Waals surface area contributed by atoms with Crippen molar-refractivity contribution in [1.82, 2.24) is 15.5 Å². The van der Waals surface area contributed by atoms with E-state index in [1.165, 1.54) is 6.42 Å². The Morgan fingerprint density at radius 1 is 1.26 bits per heavy atom. The lowest BCUT2D eigenvalue weighted by molar-refractivity contribution is -0.121. The second-order valence-electron chi connectivity index (χ2n) is 5.85. The van der Waals surface area contributed by atoms with Crippen LogP contribution in [0.5, 0.6) is 0 Å². The normalized spacial score (nSPS) is 16.1. The summed E-state index contributed by atoms with van der Waals surface area (Å²) in [7, 11) is 0. The Kier molecular flexibility index (Phi) is 7.29. The third kappa shape index (κ3) is 5.76. The monoisotopic (exact) mass is 429 g/mol. The first-order valence-electron chi connectivity index (χ1n) is 8.14. The van der Waals surface area contributed by atoms with Crippen molar-refractivity contribution in [2.45, 2.75) is 32.2 Å². The molecule has 5 nitrogen and oxygen atoms in total. The third-order valence-electron chi connectivity index (χ3n) is 4.02. The van der Waals surface area contributed by atoms with Gasteiger partial charge in [-0.3, -0.25) is 9.59 Å². The molecule has 2 N–H and O–H groups in total. The van der Waals surface area contributed by atoms with Crippen molar-refractivity contribution in [3.05, 3.63) is 33.4 Å². The van der Waals surface area contributed by atoms with Crippen molar-refractivity contribution in [2.24, 2.45) is 0 Å². The Morgan fingerprint density at radius 2 is 1.96 bits per heavy atom. The van der Waals surface area contributed by atoms with Crippen LogP contribution in [0.2, 0.25) is 0 Å². The first-order chi connectivity index (χ1) is 11.1. The van der Waals surface area contributed by atoms with E-state index >= 15 is 0 Å². The summed E-state index contributed by atoms with van der Waals surface area (Å²) in [5, 5.41) is 5.71. The number of halogens is 1. The molecule has 0 spiro atoms. The SMILES string of the molecule is CCCN1CCC(NC(=O)CNC(=O)c2ccccc2I)CC1.